The zero-order valence-corrected chi connectivity index (χ0v) is 6.96. The van der Waals surface area contributed by atoms with Gasteiger partial charge in [-0.1, -0.05) is 5.10 Å². The lowest BCUT2D eigenvalue weighted by molar-refractivity contribution is 0.232. The molecule has 0 amide bonds. The molecule has 0 saturated heterocycles. The second-order valence-corrected chi connectivity index (χ2v) is 2.50. The molecule has 1 heterocycles. The average Bonchev–Trinajstić information content (AvgIpc) is 2.31. The lowest BCUT2D eigenvalue weighted by atomic mass is 11.2. The van der Waals surface area contributed by atoms with Gasteiger partial charge in [-0.25, -0.2) is 9.48 Å². The summed E-state index contributed by atoms with van der Waals surface area (Å²) in [5, 5.41) is 10.7. The summed E-state index contributed by atoms with van der Waals surface area (Å²) in [5.41, 5.74) is -0.905. The number of hydrogen-bond donors (Lipinski definition) is 0. The van der Waals surface area contributed by atoms with E-state index in [1.165, 1.54) is 4.68 Å². The average molecular weight is 195 g/mol. The minimum absolute atomic E-state index is 0.360. The third kappa shape index (κ3) is 2.35. The largest absolute Gasteiger partial charge is 0.416 e. The molecule has 0 spiro atoms. The van der Waals surface area contributed by atoms with Gasteiger partial charge in [-0.2, -0.15) is 0 Å². The van der Waals surface area contributed by atoms with Crippen molar-refractivity contribution in [1.82, 2.24) is 20.2 Å². The molecule has 1 rings (SSSR count). The van der Waals surface area contributed by atoms with Crippen LogP contribution in [0.15, 0.2) is 5.16 Å². The number of hydrogen-bond acceptors (Lipinski definition) is 6. The summed E-state index contributed by atoms with van der Waals surface area (Å²) in [6, 6.07) is 0. The normalized spacial score (nSPS) is 9.64. The Morgan fingerprint density at radius 1 is 1.82 bits per heavy atom. The number of nitrogens with zero attached hydrogens (tertiary/aromatic N) is 4. The molecule has 1 aromatic rings. The van der Waals surface area contributed by atoms with Gasteiger partial charge in [0.15, 0.2) is 0 Å². The molecule has 0 aromatic carbocycles. The maximum atomic E-state index is 10.1. The summed E-state index contributed by atoms with van der Waals surface area (Å²) in [7, 11) is 1.62. The van der Waals surface area contributed by atoms with Gasteiger partial charge in [0.05, 0.1) is 0 Å². The molecule has 6 nitrogen and oxygen atoms in total. The molecule has 0 bridgehead atoms. The fourth-order valence-electron chi connectivity index (χ4n) is 0.362. The highest BCUT2D eigenvalue weighted by Gasteiger charge is 2.06. The van der Waals surface area contributed by atoms with Crippen LogP contribution in [0.1, 0.15) is 0 Å². The van der Waals surface area contributed by atoms with Gasteiger partial charge in [0.1, 0.15) is 12.0 Å². The number of tetrazole rings is 1. The van der Waals surface area contributed by atoms with Crippen molar-refractivity contribution in [3.05, 3.63) is 0 Å². The first-order valence-corrected chi connectivity index (χ1v) is 3.58. The maximum absolute atomic E-state index is 10.1. The van der Waals surface area contributed by atoms with Crippen molar-refractivity contribution < 1.29 is 8.98 Å². The van der Waals surface area contributed by atoms with Crippen molar-refractivity contribution in [3.8, 4) is 0 Å². The molecule has 0 atom stereocenters. The Balaban J connectivity index is 2.51. The minimum atomic E-state index is -0.905. The smallest absolute Gasteiger partial charge is 0.371 e. The molecular formula is C3H3ClN4O2S. The van der Waals surface area contributed by atoms with Crippen LogP contribution in [-0.4, -0.2) is 25.6 Å². The van der Waals surface area contributed by atoms with E-state index >= 15 is 0 Å². The topological polar surface area (TPSA) is 69.9 Å². The first kappa shape index (κ1) is 8.28. The van der Waals surface area contributed by atoms with E-state index in [2.05, 4.69) is 19.7 Å². The monoisotopic (exact) mass is 194 g/mol. The van der Waals surface area contributed by atoms with Crippen LogP contribution in [0.3, 0.4) is 0 Å². The molecule has 0 N–H and O–H groups in total. The summed E-state index contributed by atoms with van der Waals surface area (Å²) in [6.45, 7) is 0. The highest BCUT2D eigenvalue weighted by molar-refractivity contribution is 7.95. The van der Waals surface area contributed by atoms with Crippen LogP contribution in [0, 0.1) is 0 Å². The maximum Gasteiger partial charge on any atom is 0.416 e. The van der Waals surface area contributed by atoms with Gasteiger partial charge >= 0.3 is 5.43 Å². The third-order valence-electron chi connectivity index (χ3n) is 0.763. The van der Waals surface area contributed by atoms with Crippen LogP contribution < -0.4 is 0 Å². The van der Waals surface area contributed by atoms with Gasteiger partial charge in [-0.3, -0.25) is 0 Å². The molecule has 0 fully saturated rings. The molecule has 0 radical (unpaired) electrons. The van der Waals surface area contributed by atoms with E-state index in [9.17, 15) is 4.79 Å². The molecule has 0 aliphatic carbocycles. The van der Waals surface area contributed by atoms with Gasteiger partial charge < -0.3 is 4.18 Å². The lowest BCUT2D eigenvalue weighted by Gasteiger charge is -1.93. The molecule has 0 aliphatic rings. The Labute approximate surface area is 71.1 Å². The molecule has 8 heteroatoms. The summed E-state index contributed by atoms with van der Waals surface area (Å²) >= 11 is 5.59. The van der Waals surface area contributed by atoms with Gasteiger partial charge in [0.2, 0.25) is 5.16 Å². The third-order valence-corrected chi connectivity index (χ3v) is 1.66. The highest BCUT2D eigenvalue weighted by atomic mass is 35.5. The van der Waals surface area contributed by atoms with Gasteiger partial charge in [0, 0.05) is 18.6 Å². The van der Waals surface area contributed by atoms with Crippen LogP contribution in [0.2, 0.25) is 0 Å². The van der Waals surface area contributed by atoms with E-state index in [-0.39, 0.29) is 0 Å². The van der Waals surface area contributed by atoms with E-state index in [0.29, 0.717) is 17.2 Å². The Morgan fingerprint density at radius 2 is 2.55 bits per heavy atom. The molecule has 1 aromatic heterocycles. The number of halogens is 1. The van der Waals surface area contributed by atoms with Crippen LogP contribution >= 0.6 is 23.6 Å². The van der Waals surface area contributed by atoms with Crippen molar-refractivity contribution in [2.45, 2.75) is 5.16 Å². The standard InChI is InChI=1S/C3H3ClN4O2S/c1-8-3(5-6-7-8)11-10-2(4)9/h1H3. The molecule has 0 saturated carbocycles. The first-order chi connectivity index (χ1) is 5.20. The number of rotatable bonds is 2. The molecule has 0 aliphatic heterocycles. The van der Waals surface area contributed by atoms with E-state index in [1.807, 2.05) is 0 Å². The second kappa shape index (κ2) is 3.54. The predicted octanol–water partition coefficient (Wildman–Crippen LogP) is 0.593. The number of aromatic nitrogens is 4. The van der Waals surface area contributed by atoms with Crippen molar-refractivity contribution in [2.75, 3.05) is 0 Å². The Morgan fingerprint density at radius 3 is 3.00 bits per heavy atom. The van der Waals surface area contributed by atoms with Crippen LogP contribution in [-0.2, 0) is 11.2 Å². The summed E-state index contributed by atoms with van der Waals surface area (Å²) in [6.07, 6.45) is 0. The molecule has 60 valence electrons. The van der Waals surface area contributed by atoms with Crippen LogP contribution in [0.5, 0.6) is 0 Å². The van der Waals surface area contributed by atoms with Gasteiger partial charge in [0.25, 0.3) is 0 Å². The van der Waals surface area contributed by atoms with Gasteiger partial charge in [-0.05, 0) is 10.4 Å². The van der Waals surface area contributed by atoms with Crippen LogP contribution in [0.4, 0.5) is 4.79 Å². The highest BCUT2D eigenvalue weighted by Crippen LogP contribution is 2.14. The molecule has 11 heavy (non-hydrogen) atoms. The lowest BCUT2D eigenvalue weighted by Crippen LogP contribution is -1.94. The second-order valence-electron chi connectivity index (χ2n) is 1.49. The summed E-state index contributed by atoms with van der Waals surface area (Å²) < 4.78 is 5.70. The van der Waals surface area contributed by atoms with E-state index in [1.54, 1.807) is 7.05 Å². The number of carbonyl (C=O) groups excluding carboxylic acids is 1. The van der Waals surface area contributed by atoms with E-state index < -0.39 is 5.43 Å². The van der Waals surface area contributed by atoms with Crippen molar-refractivity contribution in [2.24, 2.45) is 7.05 Å². The van der Waals surface area contributed by atoms with Crippen LogP contribution in [0.25, 0.3) is 0 Å². The fourth-order valence-corrected chi connectivity index (χ4v) is 0.811. The molecule has 0 unspecified atom stereocenters. The van der Waals surface area contributed by atoms with Crippen molar-refractivity contribution >= 4 is 29.1 Å². The number of aryl methyl sites for hydroxylation is 1. The predicted molar refractivity (Wildman–Crippen MR) is 37.0 cm³/mol. The van der Waals surface area contributed by atoms with E-state index in [0.717, 1.165) is 0 Å². The Hall–Kier alpha value is -0.820. The first-order valence-electron chi connectivity index (χ1n) is 2.46. The zero-order chi connectivity index (χ0) is 8.27. The minimum Gasteiger partial charge on any atom is -0.371 e. The summed E-state index contributed by atoms with van der Waals surface area (Å²) in [5.74, 6) is 0. The van der Waals surface area contributed by atoms with Crippen molar-refractivity contribution in [3.63, 3.8) is 0 Å². The Bertz CT molecular complexity index is 264. The van der Waals surface area contributed by atoms with E-state index in [4.69, 9.17) is 11.6 Å². The fraction of sp³-hybridized carbons (Fsp3) is 0.333. The van der Waals surface area contributed by atoms with Crippen molar-refractivity contribution in [1.29, 1.82) is 0 Å². The molecular weight excluding hydrogens is 192 g/mol. The van der Waals surface area contributed by atoms with Gasteiger partial charge in [-0.15, -0.1) is 0 Å². The zero-order valence-electron chi connectivity index (χ0n) is 5.39. The summed E-state index contributed by atoms with van der Waals surface area (Å²) in [4.78, 5) is 10.1. The Kier molecular flexibility index (Phi) is 2.66. The number of carbonyl (C=O) groups is 1. The quantitative estimate of drug-likeness (QED) is 0.507. The SMILES string of the molecule is Cn1nnnc1SOC(=O)Cl.